The van der Waals surface area contributed by atoms with Crippen molar-refractivity contribution in [2.45, 2.75) is 18.6 Å². The van der Waals surface area contributed by atoms with E-state index in [1.807, 2.05) is 0 Å². The first-order valence-electron chi connectivity index (χ1n) is 5.67. The van der Waals surface area contributed by atoms with Crippen LogP contribution in [0.1, 0.15) is 18.1 Å². The van der Waals surface area contributed by atoms with Gasteiger partial charge in [-0.3, -0.25) is 4.79 Å². The Labute approximate surface area is 108 Å². The smallest absolute Gasteiger partial charge is 0.306 e. The summed E-state index contributed by atoms with van der Waals surface area (Å²) in [7, 11) is 0. The van der Waals surface area contributed by atoms with Gasteiger partial charge in [0.25, 0.3) is 0 Å². The number of hydrogen-bond donors (Lipinski definition) is 3. The van der Waals surface area contributed by atoms with Crippen LogP contribution in [0.15, 0.2) is 41.1 Å². The van der Waals surface area contributed by atoms with Gasteiger partial charge in [0.2, 0.25) is 0 Å². The van der Waals surface area contributed by atoms with Crippen molar-refractivity contribution in [1.82, 2.24) is 5.16 Å². The standard InChI is InChI=1S/C13H13NO5/c15-10(7-12(16)17)13(18)9-3-1-8(2-4-9)11-5-6-14-19-11/h1-6,10,13,15,18H,7H2,(H,16,17). The van der Waals surface area contributed by atoms with Gasteiger partial charge < -0.3 is 19.8 Å². The summed E-state index contributed by atoms with van der Waals surface area (Å²) in [5, 5.41) is 31.5. The van der Waals surface area contributed by atoms with Gasteiger partial charge in [-0.25, -0.2) is 0 Å². The monoisotopic (exact) mass is 263 g/mol. The third-order valence-electron chi connectivity index (χ3n) is 2.72. The van der Waals surface area contributed by atoms with E-state index in [0.29, 0.717) is 11.3 Å². The number of hydrogen-bond acceptors (Lipinski definition) is 5. The van der Waals surface area contributed by atoms with Gasteiger partial charge in [-0.05, 0) is 5.56 Å². The van der Waals surface area contributed by atoms with Crippen LogP contribution in [-0.4, -0.2) is 32.5 Å². The number of nitrogens with zero attached hydrogens (tertiary/aromatic N) is 1. The number of aromatic nitrogens is 1. The molecule has 1 aromatic carbocycles. The Kier molecular flexibility index (Phi) is 3.94. The minimum atomic E-state index is -1.34. The second-order valence-electron chi connectivity index (χ2n) is 4.11. The van der Waals surface area contributed by atoms with Gasteiger partial charge in [0.15, 0.2) is 5.76 Å². The molecule has 6 nitrogen and oxygen atoms in total. The molecular formula is C13H13NO5. The highest BCUT2D eigenvalue weighted by Crippen LogP contribution is 2.23. The molecule has 2 rings (SSSR count). The lowest BCUT2D eigenvalue weighted by atomic mass is 10.0. The summed E-state index contributed by atoms with van der Waals surface area (Å²) in [5.41, 5.74) is 1.22. The maximum Gasteiger partial charge on any atom is 0.306 e. The Morgan fingerprint density at radius 3 is 2.42 bits per heavy atom. The first-order chi connectivity index (χ1) is 9.08. The van der Waals surface area contributed by atoms with E-state index in [1.54, 1.807) is 30.3 Å². The lowest BCUT2D eigenvalue weighted by molar-refractivity contribution is -0.141. The van der Waals surface area contributed by atoms with Gasteiger partial charge in [-0.15, -0.1) is 0 Å². The van der Waals surface area contributed by atoms with Gasteiger partial charge in [-0.2, -0.15) is 0 Å². The molecule has 0 bridgehead atoms. The second-order valence-corrected chi connectivity index (χ2v) is 4.11. The van der Waals surface area contributed by atoms with Crippen LogP contribution in [0.5, 0.6) is 0 Å². The normalized spacial score (nSPS) is 14.0. The molecule has 19 heavy (non-hydrogen) atoms. The molecule has 0 aliphatic carbocycles. The molecule has 2 unspecified atom stereocenters. The zero-order valence-corrected chi connectivity index (χ0v) is 9.93. The van der Waals surface area contributed by atoms with E-state index in [0.717, 1.165) is 5.56 Å². The largest absolute Gasteiger partial charge is 0.481 e. The zero-order chi connectivity index (χ0) is 13.8. The highest BCUT2D eigenvalue weighted by molar-refractivity contribution is 5.67. The summed E-state index contributed by atoms with van der Waals surface area (Å²) in [6, 6.07) is 8.31. The molecule has 1 aromatic heterocycles. The summed E-state index contributed by atoms with van der Waals surface area (Å²) >= 11 is 0. The second kappa shape index (κ2) is 5.64. The first-order valence-corrected chi connectivity index (χ1v) is 5.67. The molecule has 0 amide bonds. The number of aliphatic hydroxyl groups is 2. The third-order valence-corrected chi connectivity index (χ3v) is 2.72. The Hall–Kier alpha value is -2.18. The number of rotatable bonds is 5. The molecule has 6 heteroatoms. The minimum absolute atomic E-state index is 0.442. The topological polar surface area (TPSA) is 104 Å². The molecule has 1 heterocycles. The van der Waals surface area contributed by atoms with Crippen molar-refractivity contribution in [3.63, 3.8) is 0 Å². The summed E-state index contributed by atoms with van der Waals surface area (Å²) in [4.78, 5) is 10.5. The minimum Gasteiger partial charge on any atom is -0.481 e. The van der Waals surface area contributed by atoms with Crippen LogP contribution in [0.4, 0.5) is 0 Å². The summed E-state index contributed by atoms with van der Waals surface area (Å²) in [5.74, 6) is -0.572. The predicted molar refractivity (Wildman–Crippen MR) is 65.2 cm³/mol. The van der Waals surface area contributed by atoms with Gasteiger partial charge in [0.05, 0.1) is 18.7 Å². The van der Waals surface area contributed by atoms with Gasteiger partial charge in [0, 0.05) is 11.6 Å². The van der Waals surface area contributed by atoms with E-state index in [-0.39, 0.29) is 0 Å². The number of benzene rings is 1. The molecule has 0 aliphatic heterocycles. The SMILES string of the molecule is O=C(O)CC(O)C(O)c1ccc(-c2ccno2)cc1. The molecular weight excluding hydrogens is 250 g/mol. The molecule has 0 spiro atoms. The maximum atomic E-state index is 10.5. The quantitative estimate of drug-likeness (QED) is 0.749. The first kappa shape index (κ1) is 13.3. The maximum absolute atomic E-state index is 10.5. The van der Waals surface area contributed by atoms with E-state index >= 15 is 0 Å². The van der Waals surface area contributed by atoms with Crippen LogP contribution in [-0.2, 0) is 4.79 Å². The molecule has 0 saturated carbocycles. The molecule has 2 aromatic rings. The molecule has 100 valence electrons. The highest BCUT2D eigenvalue weighted by Gasteiger charge is 2.21. The lowest BCUT2D eigenvalue weighted by Crippen LogP contribution is -2.21. The van der Waals surface area contributed by atoms with Gasteiger partial charge in [-0.1, -0.05) is 29.4 Å². The fourth-order valence-electron chi connectivity index (χ4n) is 1.72. The van der Waals surface area contributed by atoms with Crippen LogP contribution in [0.2, 0.25) is 0 Å². The predicted octanol–water partition coefficient (Wildman–Crippen LogP) is 1.21. The van der Waals surface area contributed by atoms with Crippen molar-refractivity contribution in [2.24, 2.45) is 0 Å². The van der Waals surface area contributed by atoms with Crippen LogP contribution in [0, 0.1) is 0 Å². The van der Waals surface area contributed by atoms with Crippen LogP contribution in [0.3, 0.4) is 0 Å². The molecule has 3 N–H and O–H groups in total. The van der Waals surface area contributed by atoms with E-state index in [4.69, 9.17) is 9.63 Å². The van der Waals surface area contributed by atoms with Crippen molar-refractivity contribution in [1.29, 1.82) is 0 Å². The highest BCUT2D eigenvalue weighted by atomic mass is 16.5. The van der Waals surface area contributed by atoms with E-state index in [1.165, 1.54) is 6.20 Å². The summed E-state index contributed by atoms with van der Waals surface area (Å²) in [6.07, 6.45) is -1.56. The molecule has 0 aliphatic rings. The van der Waals surface area contributed by atoms with Gasteiger partial charge >= 0.3 is 5.97 Å². The van der Waals surface area contributed by atoms with Crippen LogP contribution >= 0.6 is 0 Å². The van der Waals surface area contributed by atoms with Crippen molar-refractivity contribution < 1.29 is 24.6 Å². The molecule has 2 atom stereocenters. The zero-order valence-electron chi connectivity index (χ0n) is 9.93. The molecule has 0 radical (unpaired) electrons. The van der Waals surface area contributed by atoms with Crippen molar-refractivity contribution in [2.75, 3.05) is 0 Å². The fourth-order valence-corrected chi connectivity index (χ4v) is 1.72. The Balaban J connectivity index is 2.12. The third kappa shape index (κ3) is 3.18. The molecule has 0 fully saturated rings. The average molecular weight is 263 g/mol. The average Bonchev–Trinajstić information content (AvgIpc) is 2.91. The van der Waals surface area contributed by atoms with Crippen molar-refractivity contribution in [3.8, 4) is 11.3 Å². The number of aliphatic carboxylic acids is 1. The Morgan fingerprint density at radius 2 is 1.89 bits per heavy atom. The van der Waals surface area contributed by atoms with E-state index < -0.39 is 24.6 Å². The Morgan fingerprint density at radius 1 is 1.21 bits per heavy atom. The number of carboxylic acids is 1. The van der Waals surface area contributed by atoms with Crippen molar-refractivity contribution in [3.05, 3.63) is 42.1 Å². The van der Waals surface area contributed by atoms with Crippen molar-refractivity contribution >= 4 is 5.97 Å². The number of aliphatic hydroxyl groups excluding tert-OH is 2. The number of carbonyl (C=O) groups is 1. The van der Waals surface area contributed by atoms with Crippen LogP contribution in [0.25, 0.3) is 11.3 Å². The van der Waals surface area contributed by atoms with Crippen LogP contribution < -0.4 is 0 Å². The van der Waals surface area contributed by atoms with E-state index in [2.05, 4.69) is 5.16 Å². The summed E-state index contributed by atoms with van der Waals surface area (Å²) in [6.45, 7) is 0. The van der Waals surface area contributed by atoms with E-state index in [9.17, 15) is 15.0 Å². The number of carboxylic acid groups (broad SMARTS) is 1. The fraction of sp³-hybridized carbons (Fsp3) is 0.231. The van der Waals surface area contributed by atoms with Gasteiger partial charge in [0.1, 0.15) is 6.10 Å². The molecule has 0 saturated heterocycles. The lowest BCUT2D eigenvalue weighted by Gasteiger charge is -2.16. The Bertz CT molecular complexity index is 535. The summed E-state index contributed by atoms with van der Waals surface area (Å²) < 4.78 is 4.98.